The van der Waals surface area contributed by atoms with Gasteiger partial charge in [0.1, 0.15) is 12.4 Å². The van der Waals surface area contributed by atoms with Gasteiger partial charge in [0.05, 0.1) is 16.8 Å². The van der Waals surface area contributed by atoms with Crippen LogP contribution in [0.5, 0.6) is 0 Å². The molecule has 6 nitrogen and oxygen atoms in total. The molecule has 0 spiro atoms. The third-order valence-electron chi connectivity index (χ3n) is 4.31. The van der Waals surface area contributed by atoms with Crippen molar-refractivity contribution in [2.24, 2.45) is 5.10 Å². The lowest BCUT2D eigenvalue weighted by molar-refractivity contribution is -0.119. The van der Waals surface area contributed by atoms with E-state index in [0.29, 0.717) is 5.02 Å². The SMILES string of the molecule is Cc1ccc(S(=O)(=O)N(CC(=O)N/N=C\c2ccccc2F)c2ccc(Cl)cc2)cc1. The minimum atomic E-state index is -4.05. The molecule has 0 unspecified atom stereocenters. The van der Waals surface area contributed by atoms with E-state index in [9.17, 15) is 17.6 Å². The van der Waals surface area contributed by atoms with Gasteiger partial charge in [0.2, 0.25) is 0 Å². The summed E-state index contributed by atoms with van der Waals surface area (Å²) in [6.07, 6.45) is 1.15. The molecular formula is C22H19ClFN3O3S. The highest BCUT2D eigenvalue weighted by molar-refractivity contribution is 7.92. The fourth-order valence-electron chi connectivity index (χ4n) is 2.68. The molecule has 0 aliphatic rings. The number of benzene rings is 3. The third kappa shape index (κ3) is 5.68. The maximum absolute atomic E-state index is 13.6. The van der Waals surface area contributed by atoms with Gasteiger partial charge in [0.25, 0.3) is 15.9 Å². The first kappa shape index (κ1) is 22.5. The average molecular weight is 460 g/mol. The number of amides is 1. The Labute approximate surface area is 185 Å². The third-order valence-corrected chi connectivity index (χ3v) is 6.35. The van der Waals surface area contributed by atoms with E-state index in [1.54, 1.807) is 18.2 Å². The molecule has 0 fully saturated rings. The van der Waals surface area contributed by atoms with Crippen molar-refractivity contribution in [1.29, 1.82) is 0 Å². The van der Waals surface area contributed by atoms with Crippen molar-refractivity contribution in [1.82, 2.24) is 5.43 Å². The monoisotopic (exact) mass is 459 g/mol. The van der Waals surface area contributed by atoms with Gasteiger partial charge in [-0.05, 0) is 49.4 Å². The van der Waals surface area contributed by atoms with Crippen LogP contribution in [0.4, 0.5) is 10.1 Å². The zero-order chi connectivity index (χ0) is 22.4. The molecule has 0 atom stereocenters. The van der Waals surface area contributed by atoms with Gasteiger partial charge >= 0.3 is 0 Å². The summed E-state index contributed by atoms with van der Waals surface area (Å²) in [5.74, 6) is -1.19. The molecule has 3 rings (SSSR count). The van der Waals surface area contributed by atoms with Crippen molar-refractivity contribution in [3.8, 4) is 0 Å². The van der Waals surface area contributed by atoms with Crippen LogP contribution in [0, 0.1) is 12.7 Å². The second kappa shape index (κ2) is 9.72. The molecule has 9 heteroatoms. The molecule has 3 aromatic rings. The quantitative estimate of drug-likeness (QED) is 0.426. The Balaban J connectivity index is 1.84. The van der Waals surface area contributed by atoms with Crippen LogP contribution in [-0.2, 0) is 14.8 Å². The second-order valence-electron chi connectivity index (χ2n) is 6.62. The first-order valence-corrected chi connectivity index (χ1v) is 11.0. The summed E-state index contributed by atoms with van der Waals surface area (Å²) in [5, 5.41) is 4.15. The van der Waals surface area contributed by atoms with Gasteiger partial charge in [0, 0.05) is 10.6 Å². The van der Waals surface area contributed by atoms with E-state index in [1.165, 1.54) is 54.6 Å². The molecule has 0 saturated carbocycles. The molecule has 1 amide bonds. The highest BCUT2D eigenvalue weighted by Gasteiger charge is 2.27. The van der Waals surface area contributed by atoms with Crippen LogP contribution in [0.15, 0.2) is 82.8 Å². The maximum Gasteiger partial charge on any atom is 0.264 e. The van der Waals surface area contributed by atoms with Crippen molar-refractivity contribution < 1.29 is 17.6 Å². The number of carbonyl (C=O) groups excluding carboxylic acids is 1. The number of halogens is 2. The van der Waals surface area contributed by atoms with Crippen molar-refractivity contribution in [2.45, 2.75) is 11.8 Å². The number of hydrogen-bond acceptors (Lipinski definition) is 4. The van der Waals surface area contributed by atoms with Crippen LogP contribution in [-0.4, -0.2) is 27.1 Å². The van der Waals surface area contributed by atoms with Gasteiger partial charge in [-0.2, -0.15) is 5.10 Å². The zero-order valence-electron chi connectivity index (χ0n) is 16.5. The first-order chi connectivity index (χ1) is 14.8. The van der Waals surface area contributed by atoms with Crippen LogP contribution >= 0.6 is 11.6 Å². The van der Waals surface area contributed by atoms with Crippen LogP contribution < -0.4 is 9.73 Å². The molecular weight excluding hydrogens is 441 g/mol. The summed E-state index contributed by atoms with van der Waals surface area (Å²) in [4.78, 5) is 12.5. The molecule has 1 N–H and O–H groups in total. The molecule has 0 radical (unpaired) electrons. The number of sulfonamides is 1. The summed E-state index contributed by atoms with van der Waals surface area (Å²) in [7, 11) is -4.05. The van der Waals surface area contributed by atoms with Gasteiger partial charge in [-0.3, -0.25) is 9.10 Å². The van der Waals surface area contributed by atoms with E-state index in [1.807, 2.05) is 6.92 Å². The Morgan fingerprint density at radius 1 is 1.06 bits per heavy atom. The Kier molecular flexibility index (Phi) is 7.04. The van der Waals surface area contributed by atoms with Gasteiger partial charge in [-0.15, -0.1) is 0 Å². The number of hydrogen-bond donors (Lipinski definition) is 1. The Morgan fingerprint density at radius 3 is 2.35 bits per heavy atom. The number of aryl methyl sites for hydroxylation is 1. The number of nitrogens with one attached hydrogen (secondary N) is 1. The minimum Gasteiger partial charge on any atom is -0.271 e. The summed E-state index contributed by atoms with van der Waals surface area (Å²) in [5.41, 5.74) is 3.58. The van der Waals surface area contributed by atoms with Crippen molar-refractivity contribution in [2.75, 3.05) is 10.8 Å². The van der Waals surface area contributed by atoms with Crippen molar-refractivity contribution >= 4 is 39.4 Å². The van der Waals surface area contributed by atoms with E-state index in [0.717, 1.165) is 16.1 Å². The Morgan fingerprint density at radius 2 is 1.71 bits per heavy atom. The standard InChI is InChI=1S/C22H19ClFN3O3S/c1-16-6-12-20(13-7-16)31(29,30)27(19-10-8-18(23)9-11-19)15-22(28)26-25-14-17-4-2-3-5-21(17)24/h2-14H,15H2,1H3,(H,26,28)/b25-14-. The largest absolute Gasteiger partial charge is 0.271 e. The lowest BCUT2D eigenvalue weighted by atomic mass is 10.2. The van der Waals surface area contributed by atoms with Gasteiger partial charge < -0.3 is 0 Å². The lowest BCUT2D eigenvalue weighted by Crippen LogP contribution is -2.39. The molecule has 0 aromatic heterocycles. The van der Waals surface area contributed by atoms with Crippen LogP contribution in [0.2, 0.25) is 5.02 Å². The average Bonchev–Trinajstić information content (AvgIpc) is 2.74. The zero-order valence-corrected chi connectivity index (χ0v) is 18.1. The fraction of sp³-hybridized carbons (Fsp3) is 0.0909. The number of anilines is 1. The number of carbonyl (C=O) groups is 1. The number of hydrazone groups is 1. The van der Waals surface area contributed by atoms with Gasteiger partial charge in [0.15, 0.2) is 0 Å². The van der Waals surface area contributed by atoms with E-state index < -0.39 is 28.3 Å². The highest BCUT2D eigenvalue weighted by atomic mass is 35.5. The predicted octanol–water partition coefficient (Wildman–Crippen LogP) is 4.13. The van der Waals surface area contributed by atoms with Crippen LogP contribution in [0.3, 0.4) is 0 Å². The minimum absolute atomic E-state index is 0.0377. The van der Waals surface area contributed by atoms with Crippen molar-refractivity contribution in [3.05, 3.63) is 94.8 Å². The molecule has 0 saturated heterocycles. The summed E-state index contributed by atoms with van der Waals surface area (Å²) in [6, 6.07) is 18.3. The Bertz CT molecular complexity index is 1200. The molecule has 160 valence electrons. The van der Waals surface area contributed by atoms with Crippen LogP contribution in [0.1, 0.15) is 11.1 Å². The fourth-order valence-corrected chi connectivity index (χ4v) is 4.23. The lowest BCUT2D eigenvalue weighted by Gasteiger charge is -2.23. The summed E-state index contributed by atoms with van der Waals surface area (Å²) >= 11 is 5.91. The molecule has 0 bridgehead atoms. The first-order valence-electron chi connectivity index (χ1n) is 9.19. The number of nitrogens with zero attached hydrogens (tertiary/aromatic N) is 2. The van der Waals surface area contributed by atoms with E-state index in [4.69, 9.17) is 11.6 Å². The molecule has 0 heterocycles. The van der Waals surface area contributed by atoms with E-state index in [-0.39, 0.29) is 16.1 Å². The molecule has 3 aromatic carbocycles. The molecule has 0 aliphatic carbocycles. The van der Waals surface area contributed by atoms with E-state index >= 15 is 0 Å². The Hall–Kier alpha value is -3.23. The molecule has 31 heavy (non-hydrogen) atoms. The van der Waals surface area contributed by atoms with Gasteiger partial charge in [-0.25, -0.2) is 18.2 Å². The highest BCUT2D eigenvalue weighted by Crippen LogP contribution is 2.25. The summed E-state index contributed by atoms with van der Waals surface area (Å²) < 4.78 is 41.1. The molecule has 0 aliphatic heterocycles. The smallest absolute Gasteiger partial charge is 0.264 e. The second-order valence-corrected chi connectivity index (χ2v) is 8.91. The van der Waals surface area contributed by atoms with Gasteiger partial charge in [-0.1, -0.05) is 47.5 Å². The predicted molar refractivity (Wildman–Crippen MR) is 119 cm³/mol. The number of rotatable bonds is 7. The normalized spacial score (nSPS) is 11.5. The van der Waals surface area contributed by atoms with Crippen LogP contribution in [0.25, 0.3) is 0 Å². The van der Waals surface area contributed by atoms with Crippen molar-refractivity contribution in [3.63, 3.8) is 0 Å². The van der Waals surface area contributed by atoms with E-state index in [2.05, 4.69) is 10.5 Å². The summed E-state index contributed by atoms with van der Waals surface area (Å²) in [6.45, 7) is 1.31. The maximum atomic E-state index is 13.6. The topological polar surface area (TPSA) is 78.8 Å².